The Labute approximate surface area is 119 Å². The first kappa shape index (κ1) is 14.6. The van der Waals surface area contributed by atoms with Crippen LogP contribution in [-0.2, 0) is 0 Å². The number of nitrogens with zero attached hydrogens (tertiary/aromatic N) is 1. The van der Waals surface area contributed by atoms with Crippen LogP contribution in [0.5, 0.6) is 11.5 Å². The SMILES string of the molecule is CCOc1c(I)cc(/C=N\NC(N)=O)cc1OC. The Kier molecular flexibility index (Phi) is 5.69. The zero-order valence-electron chi connectivity index (χ0n) is 10.1. The van der Waals surface area contributed by atoms with Gasteiger partial charge in [0.1, 0.15) is 0 Å². The molecule has 1 aromatic rings. The largest absolute Gasteiger partial charge is 0.493 e. The zero-order chi connectivity index (χ0) is 13.5. The number of ether oxygens (including phenoxy) is 2. The van der Waals surface area contributed by atoms with Crippen molar-refractivity contribution < 1.29 is 14.3 Å². The van der Waals surface area contributed by atoms with Crippen molar-refractivity contribution in [2.45, 2.75) is 6.92 Å². The van der Waals surface area contributed by atoms with Crippen molar-refractivity contribution in [2.24, 2.45) is 10.8 Å². The molecular weight excluding hydrogens is 349 g/mol. The number of halogens is 1. The van der Waals surface area contributed by atoms with Gasteiger partial charge < -0.3 is 15.2 Å². The van der Waals surface area contributed by atoms with Crippen molar-refractivity contribution in [3.63, 3.8) is 0 Å². The number of nitrogens with two attached hydrogens (primary N) is 1. The van der Waals surface area contributed by atoms with Gasteiger partial charge in [0.15, 0.2) is 11.5 Å². The summed E-state index contributed by atoms with van der Waals surface area (Å²) in [5.74, 6) is 1.31. The normalized spacial score (nSPS) is 10.4. The molecule has 0 fully saturated rings. The van der Waals surface area contributed by atoms with Gasteiger partial charge in [-0.3, -0.25) is 0 Å². The van der Waals surface area contributed by atoms with Gasteiger partial charge in [0.2, 0.25) is 0 Å². The lowest BCUT2D eigenvalue weighted by Gasteiger charge is -2.11. The van der Waals surface area contributed by atoms with Gasteiger partial charge in [-0.05, 0) is 47.2 Å². The highest BCUT2D eigenvalue weighted by molar-refractivity contribution is 14.1. The van der Waals surface area contributed by atoms with E-state index < -0.39 is 6.03 Å². The second-order valence-electron chi connectivity index (χ2n) is 3.20. The Morgan fingerprint density at radius 2 is 2.33 bits per heavy atom. The zero-order valence-corrected chi connectivity index (χ0v) is 12.2. The highest BCUT2D eigenvalue weighted by Crippen LogP contribution is 2.33. The van der Waals surface area contributed by atoms with E-state index in [9.17, 15) is 4.79 Å². The van der Waals surface area contributed by atoms with Gasteiger partial charge in [-0.1, -0.05) is 0 Å². The fourth-order valence-electron chi connectivity index (χ4n) is 1.27. The van der Waals surface area contributed by atoms with Gasteiger partial charge in [0.05, 0.1) is 23.5 Å². The molecule has 2 amide bonds. The second-order valence-corrected chi connectivity index (χ2v) is 4.36. The molecule has 0 spiro atoms. The highest BCUT2D eigenvalue weighted by atomic mass is 127. The molecule has 7 heteroatoms. The van der Waals surface area contributed by atoms with Crippen molar-refractivity contribution in [1.29, 1.82) is 0 Å². The summed E-state index contributed by atoms with van der Waals surface area (Å²) < 4.78 is 11.6. The summed E-state index contributed by atoms with van der Waals surface area (Å²) in [6, 6.07) is 2.92. The quantitative estimate of drug-likeness (QED) is 0.474. The van der Waals surface area contributed by atoms with Crippen LogP contribution in [0.2, 0.25) is 0 Å². The molecule has 0 radical (unpaired) electrons. The standard InChI is InChI=1S/C11H14IN3O3/c1-3-18-10-8(12)4-7(5-9(10)17-2)6-14-15-11(13)16/h4-6H,3H2,1-2H3,(H3,13,15,16)/b14-6-. The number of primary amides is 1. The molecule has 0 bridgehead atoms. The number of carbonyl (C=O) groups excluding carboxylic acids is 1. The molecular formula is C11H14IN3O3. The molecule has 0 aliphatic rings. The first-order valence-corrected chi connectivity index (χ1v) is 6.25. The monoisotopic (exact) mass is 363 g/mol. The average Bonchev–Trinajstić information content (AvgIpc) is 2.31. The Hall–Kier alpha value is -1.51. The predicted molar refractivity (Wildman–Crippen MR) is 77.2 cm³/mol. The summed E-state index contributed by atoms with van der Waals surface area (Å²) in [4.78, 5) is 10.5. The van der Waals surface area contributed by atoms with Crippen LogP contribution >= 0.6 is 22.6 Å². The Bertz CT molecular complexity index is 463. The number of urea groups is 1. The summed E-state index contributed by atoms with van der Waals surface area (Å²) in [6.45, 7) is 2.46. The van der Waals surface area contributed by atoms with E-state index in [4.69, 9.17) is 15.2 Å². The van der Waals surface area contributed by atoms with E-state index in [1.165, 1.54) is 6.21 Å². The molecule has 3 N–H and O–H groups in total. The number of hydrazone groups is 1. The molecule has 98 valence electrons. The number of hydrogen-bond acceptors (Lipinski definition) is 4. The maximum absolute atomic E-state index is 10.5. The fraction of sp³-hybridized carbons (Fsp3) is 0.273. The van der Waals surface area contributed by atoms with E-state index >= 15 is 0 Å². The van der Waals surface area contributed by atoms with Crippen molar-refractivity contribution in [2.75, 3.05) is 13.7 Å². The van der Waals surface area contributed by atoms with E-state index in [-0.39, 0.29) is 0 Å². The number of hydrogen-bond donors (Lipinski definition) is 2. The van der Waals surface area contributed by atoms with Crippen LogP contribution in [0.4, 0.5) is 4.79 Å². The fourth-order valence-corrected chi connectivity index (χ4v) is 2.05. The van der Waals surface area contributed by atoms with Gasteiger partial charge in [-0.2, -0.15) is 5.10 Å². The lowest BCUT2D eigenvalue weighted by atomic mass is 10.2. The molecule has 1 rings (SSSR count). The Morgan fingerprint density at radius 3 is 2.89 bits per heavy atom. The third-order valence-corrected chi connectivity index (χ3v) is 2.73. The maximum atomic E-state index is 10.5. The third-order valence-electron chi connectivity index (χ3n) is 1.93. The van der Waals surface area contributed by atoms with E-state index in [1.54, 1.807) is 13.2 Å². The van der Waals surface area contributed by atoms with Gasteiger partial charge in [0.25, 0.3) is 0 Å². The van der Waals surface area contributed by atoms with Crippen LogP contribution in [-0.4, -0.2) is 26.0 Å². The number of benzene rings is 1. The highest BCUT2D eigenvalue weighted by Gasteiger charge is 2.10. The number of amides is 2. The van der Waals surface area contributed by atoms with E-state index in [2.05, 4.69) is 33.1 Å². The van der Waals surface area contributed by atoms with Crippen molar-refractivity contribution in [3.8, 4) is 11.5 Å². The van der Waals surface area contributed by atoms with Crippen LogP contribution < -0.4 is 20.6 Å². The minimum Gasteiger partial charge on any atom is -0.493 e. The molecule has 1 aromatic carbocycles. The topological polar surface area (TPSA) is 85.9 Å². The van der Waals surface area contributed by atoms with E-state index in [0.717, 1.165) is 9.13 Å². The number of carbonyl (C=O) groups is 1. The molecule has 6 nitrogen and oxygen atoms in total. The average molecular weight is 363 g/mol. The number of methoxy groups -OCH3 is 1. The molecule has 0 aliphatic heterocycles. The van der Waals surface area contributed by atoms with Gasteiger partial charge in [-0.15, -0.1) is 0 Å². The van der Waals surface area contributed by atoms with Crippen LogP contribution in [0.1, 0.15) is 12.5 Å². The Balaban J connectivity index is 2.99. The van der Waals surface area contributed by atoms with Crippen LogP contribution in [0.25, 0.3) is 0 Å². The van der Waals surface area contributed by atoms with Crippen molar-refractivity contribution in [3.05, 3.63) is 21.3 Å². The van der Waals surface area contributed by atoms with Crippen molar-refractivity contribution in [1.82, 2.24) is 5.43 Å². The molecule has 0 heterocycles. The molecule has 0 saturated carbocycles. The summed E-state index contributed by atoms with van der Waals surface area (Å²) in [5.41, 5.74) is 7.79. The summed E-state index contributed by atoms with van der Waals surface area (Å²) >= 11 is 2.14. The molecule has 0 aromatic heterocycles. The molecule has 0 unspecified atom stereocenters. The maximum Gasteiger partial charge on any atom is 0.332 e. The van der Waals surface area contributed by atoms with Crippen LogP contribution in [0, 0.1) is 3.57 Å². The molecule has 0 saturated heterocycles. The van der Waals surface area contributed by atoms with Crippen LogP contribution in [0.3, 0.4) is 0 Å². The third kappa shape index (κ3) is 4.06. The predicted octanol–water partition coefficient (Wildman–Crippen LogP) is 1.70. The minimum atomic E-state index is -0.709. The van der Waals surface area contributed by atoms with Gasteiger partial charge in [-0.25, -0.2) is 10.2 Å². The smallest absolute Gasteiger partial charge is 0.332 e. The lowest BCUT2D eigenvalue weighted by molar-refractivity contribution is 0.249. The molecule has 0 atom stereocenters. The molecule has 0 aliphatic carbocycles. The first-order valence-electron chi connectivity index (χ1n) is 5.17. The minimum absolute atomic E-state index is 0.559. The van der Waals surface area contributed by atoms with E-state index in [0.29, 0.717) is 18.1 Å². The van der Waals surface area contributed by atoms with Crippen molar-refractivity contribution >= 4 is 34.8 Å². The summed E-state index contributed by atoms with van der Waals surface area (Å²) in [6.07, 6.45) is 1.48. The summed E-state index contributed by atoms with van der Waals surface area (Å²) in [5, 5.41) is 3.68. The summed E-state index contributed by atoms with van der Waals surface area (Å²) in [7, 11) is 1.57. The second kappa shape index (κ2) is 7.04. The number of nitrogens with one attached hydrogen (secondary N) is 1. The number of rotatable bonds is 5. The molecule has 18 heavy (non-hydrogen) atoms. The van der Waals surface area contributed by atoms with E-state index in [1.807, 2.05) is 13.0 Å². The Morgan fingerprint density at radius 1 is 1.61 bits per heavy atom. The lowest BCUT2D eigenvalue weighted by Crippen LogP contribution is -2.24. The first-order chi connectivity index (χ1) is 8.58. The van der Waals surface area contributed by atoms with Crippen LogP contribution in [0.15, 0.2) is 17.2 Å². The van der Waals surface area contributed by atoms with Gasteiger partial charge >= 0.3 is 6.03 Å². The van der Waals surface area contributed by atoms with Gasteiger partial charge in [0, 0.05) is 0 Å².